The summed E-state index contributed by atoms with van der Waals surface area (Å²) in [6.45, 7) is 6.62. The van der Waals surface area contributed by atoms with Crippen LogP contribution in [0.4, 0.5) is 5.13 Å². The van der Waals surface area contributed by atoms with Gasteiger partial charge < -0.3 is 5.32 Å². The van der Waals surface area contributed by atoms with Gasteiger partial charge in [0, 0.05) is 16.9 Å². The van der Waals surface area contributed by atoms with Crippen molar-refractivity contribution in [2.24, 2.45) is 5.92 Å². The van der Waals surface area contributed by atoms with Crippen LogP contribution < -0.4 is 5.32 Å². The van der Waals surface area contributed by atoms with Gasteiger partial charge in [0.2, 0.25) is 5.91 Å². The first-order valence-electron chi connectivity index (χ1n) is 9.34. The van der Waals surface area contributed by atoms with Crippen LogP contribution in [-0.2, 0) is 10.2 Å². The molecule has 1 aliphatic carbocycles. The molecule has 1 amide bonds. The lowest BCUT2D eigenvalue weighted by molar-refractivity contribution is -0.117. The smallest absolute Gasteiger partial charge is 0.229 e. The van der Waals surface area contributed by atoms with E-state index in [1.807, 2.05) is 23.6 Å². The van der Waals surface area contributed by atoms with Crippen LogP contribution in [0.2, 0.25) is 0 Å². The van der Waals surface area contributed by atoms with Crippen LogP contribution in [0, 0.1) is 5.92 Å². The minimum atomic E-state index is 0.0609. The van der Waals surface area contributed by atoms with Gasteiger partial charge in [-0.1, -0.05) is 75.4 Å². The highest BCUT2D eigenvalue weighted by atomic mass is 32.1. The first kappa shape index (κ1) is 17.9. The topological polar surface area (TPSA) is 42.0 Å². The van der Waals surface area contributed by atoms with Gasteiger partial charge in [0.05, 0.1) is 5.69 Å². The molecule has 1 aromatic heterocycles. The molecule has 0 unspecified atom stereocenters. The molecule has 3 aromatic rings. The van der Waals surface area contributed by atoms with Crippen LogP contribution in [0.5, 0.6) is 0 Å². The summed E-state index contributed by atoms with van der Waals surface area (Å²) in [6, 6.07) is 18.8. The SMILES string of the molecule is CC(C)(C)c1ccc(-c2csc(NC(=O)[C@H]3C[C@H]3c3ccccc3)n2)cc1. The lowest BCUT2D eigenvalue weighted by Crippen LogP contribution is -2.14. The van der Waals surface area contributed by atoms with Crippen molar-refractivity contribution in [2.45, 2.75) is 38.5 Å². The van der Waals surface area contributed by atoms with Crippen LogP contribution in [-0.4, -0.2) is 10.9 Å². The molecular formula is C23H24N2OS. The number of carbonyl (C=O) groups excluding carboxylic acids is 1. The lowest BCUT2D eigenvalue weighted by Gasteiger charge is -2.18. The number of nitrogens with zero attached hydrogens (tertiary/aromatic N) is 1. The van der Waals surface area contributed by atoms with Crippen molar-refractivity contribution in [1.29, 1.82) is 0 Å². The fraction of sp³-hybridized carbons (Fsp3) is 0.304. The molecule has 2 aromatic carbocycles. The normalized spacial score (nSPS) is 18.9. The Balaban J connectivity index is 1.41. The maximum atomic E-state index is 12.5. The number of anilines is 1. The second-order valence-electron chi connectivity index (χ2n) is 8.21. The van der Waals surface area contributed by atoms with Gasteiger partial charge >= 0.3 is 0 Å². The van der Waals surface area contributed by atoms with Crippen LogP contribution in [0.1, 0.15) is 44.2 Å². The molecule has 1 heterocycles. The first-order chi connectivity index (χ1) is 12.9. The standard InChI is InChI=1S/C23H24N2OS/c1-23(2,3)17-11-9-16(10-12-17)20-14-27-22(24-20)25-21(26)19-13-18(19)15-7-5-4-6-8-15/h4-12,14,18-19H,13H2,1-3H3,(H,24,25,26)/t18-,19-/m0/s1. The highest BCUT2D eigenvalue weighted by Gasteiger charge is 2.44. The minimum Gasteiger partial charge on any atom is -0.302 e. The molecule has 4 heteroatoms. The van der Waals surface area contributed by atoms with E-state index in [0.29, 0.717) is 11.0 Å². The summed E-state index contributed by atoms with van der Waals surface area (Å²) < 4.78 is 0. The zero-order valence-electron chi connectivity index (χ0n) is 15.9. The Morgan fingerprint density at radius 2 is 1.78 bits per heavy atom. The number of nitrogens with one attached hydrogen (secondary N) is 1. The van der Waals surface area contributed by atoms with E-state index < -0.39 is 0 Å². The molecule has 1 saturated carbocycles. The molecule has 4 rings (SSSR count). The number of benzene rings is 2. The van der Waals surface area contributed by atoms with Gasteiger partial charge in [0.25, 0.3) is 0 Å². The molecule has 0 radical (unpaired) electrons. The van der Waals surface area contributed by atoms with E-state index in [0.717, 1.165) is 17.7 Å². The molecule has 0 spiro atoms. The van der Waals surface area contributed by atoms with Crippen molar-refractivity contribution in [3.05, 3.63) is 71.1 Å². The van der Waals surface area contributed by atoms with E-state index in [1.165, 1.54) is 22.5 Å². The van der Waals surface area contributed by atoms with Gasteiger partial charge in [-0.2, -0.15) is 0 Å². The van der Waals surface area contributed by atoms with E-state index in [-0.39, 0.29) is 17.2 Å². The molecule has 1 aliphatic rings. The van der Waals surface area contributed by atoms with Gasteiger partial charge in [-0.25, -0.2) is 4.98 Å². The summed E-state index contributed by atoms with van der Waals surface area (Å²) in [5.74, 6) is 0.481. The first-order valence-corrected chi connectivity index (χ1v) is 10.2. The van der Waals surface area contributed by atoms with Crippen LogP contribution in [0.3, 0.4) is 0 Å². The monoisotopic (exact) mass is 376 g/mol. The largest absolute Gasteiger partial charge is 0.302 e. The highest BCUT2D eigenvalue weighted by molar-refractivity contribution is 7.14. The van der Waals surface area contributed by atoms with Crippen molar-refractivity contribution >= 4 is 22.4 Å². The average Bonchev–Trinajstić information content (AvgIpc) is 3.34. The zero-order chi connectivity index (χ0) is 19.0. The summed E-state index contributed by atoms with van der Waals surface area (Å²) in [6.07, 6.45) is 0.919. The van der Waals surface area contributed by atoms with Crippen molar-refractivity contribution < 1.29 is 4.79 Å². The fourth-order valence-corrected chi connectivity index (χ4v) is 4.08. The number of hydrogen-bond donors (Lipinski definition) is 1. The Morgan fingerprint density at radius 3 is 2.44 bits per heavy atom. The molecule has 1 fully saturated rings. The Morgan fingerprint density at radius 1 is 1.07 bits per heavy atom. The minimum absolute atomic E-state index is 0.0609. The van der Waals surface area contributed by atoms with Crippen molar-refractivity contribution in [1.82, 2.24) is 4.98 Å². The second-order valence-corrected chi connectivity index (χ2v) is 9.07. The molecule has 27 heavy (non-hydrogen) atoms. The number of thiazole rings is 1. The molecule has 0 saturated heterocycles. The summed E-state index contributed by atoms with van der Waals surface area (Å²) in [5.41, 5.74) is 4.67. The van der Waals surface area contributed by atoms with Crippen molar-refractivity contribution in [2.75, 3.05) is 5.32 Å². The number of rotatable bonds is 4. The number of amides is 1. The Kier molecular flexibility index (Phi) is 4.60. The van der Waals surface area contributed by atoms with E-state index in [2.05, 4.69) is 67.5 Å². The third-order valence-corrected chi connectivity index (χ3v) is 5.89. The van der Waals surface area contributed by atoms with E-state index >= 15 is 0 Å². The predicted octanol–water partition coefficient (Wildman–Crippen LogP) is 5.85. The number of carbonyl (C=O) groups is 1. The Labute approximate surface area is 164 Å². The second kappa shape index (κ2) is 6.93. The fourth-order valence-electron chi connectivity index (χ4n) is 3.36. The average molecular weight is 377 g/mol. The molecular weight excluding hydrogens is 352 g/mol. The van der Waals surface area contributed by atoms with Crippen LogP contribution in [0.25, 0.3) is 11.3 Å². The maximum Gasteiger partial charge on any atom is 0.229 e. The van der Waals surface area contributed by atoms with E-state index in [9.17, 15) is 4.79 Å². The van der Waals surface area contributed by atoms with Gasteiger partial charge in [-0.05, 0) is 28.9 Å². The maximum absolute atomic E-state index is 12.5. The van der Waals surface area contributed by atoms with Gasteiger partial charge in [-0.15, -0.1) is 11.3 Å². The molecule has 0 aliphatic heterocycles. The van der Waals surface area contributed by atoms with Gasteiger partial charge in [0.1, 0.15) is 0 Å². The van der Waals surface area contributed by atoms with Crippen molar-refractivity contribution in [3.8, 4) is 11.3 Å². The van der Waals surface area contributed by atoms with Crippen molar-refractivity contribution in [3.63, 3.8) is 0 Å². The van der Waals surface area contributed by atoms with Crippen LogP contribution in [0.15, 0.2) is 60.0 Å². The Hall–Kier alpha value is -2.46. The quantitative estimate of drug-likeness (QED) is 0.620. The Bertz CT molecular complexity index is 939. The summed E-state index contributed by atoms with van der Waals surface area (Å²) in [7, 11) is 0. The molecule has 0 bridgehead atoms. The lowest BCUT2D eigenvalue weighted by atomic mass is 9.86. The van der Waals surface area contributed by atoms with Gasteiger partial charge in [-0.3, -0.25) is 4.79 Å². The summed E-state index contributed by atoms with van der Waals surface area (Å²) in [4.78, 5) is 17.1. The number of hydrogen-bond acceptors (Lipinski definition) is 3. The zero-order valence-corrected chi connectivity index (χ0v) is 16.7. The van der Waals surface area contributed by atoms with E-state index in [4.69, 9.17) is 0 Å². The summed E-state index contributed by atoms with van der Waals surface area (Å²) >= 11 is 1.48. The predicted molar refractivity (Wildman–Crippen MR) is 112 cm³/mol. The van der Waals surface area contributed by atoms with Gasteiger partial charge in [0.15, 0.2) is 5.13 Å². The summed E-state index contributed by atoms with van der Waals surface area (Å²) in [5, 5.41) is 5.68. The van der Waals surface area contributed by atoms with Crippen LogP contribution >= 0.6 is 11.3 Å². The molecule has 3 nitrogen and oxygen atoms in total. The molecule has 1 N–H and O–H groups in total. The highest BCUT2D eigenvalue weighted by Crippen LogP contribution is 2.48. The third-order valence-electron chi connectivity index (χ3n) is 5.14. The number of aromatic nitrogens is 1. The third kappa shape index (κ3) is 3.96. The molecule has 2 atom stereocenters. The van der Waals surface area contributed by atoms with E-state index in [1.54, 1.807) is 0 Å². The molecule has 138 valence electrons.